The van der Waals surface area contributed by atoms with Crippen LogP contribution in [-0.4, -0.2) is 45.6 Å². The number of hydrogen-bond acceptors (Lipinski definition) is 10. The molecule has 2 aromatic heterocycles. The van der Waals surface area contributed by atoms with Gasteiger partial charge in [-0.05, 0) is 42.5 Å². The molecule has 0 saturated heterocycles. The molecule has 0 saturated carbocycles. The second kappa shape index (κ2) is 11.4. The highest BCUT2D eigenvalue weighted by atomic mass is 35.5. The SMILES string of the molecule is COC(=O)c1ccc(Cl)c([N+](=O)[O-])c1.COC(=O)c1ccc2c(c1)nc(Nc1nc3cc(F)ccc3s1)n2C. The van der Waals surface area contributed by atoms with Crippen LogP contribution in [0.2, 0.25) is 5.02 Å². The minimum atomic E-state index is -0.658. The highest BCUT2D eigenvalue weighted by molar-refractivity contribution is 7.22. The third-order valence-electron chi connectivity index (χ3n) is 5.43. The lowest BCUT2D eigenvalue weighted by Crippen LogP contribution is -2.02. The Morgan fingerprint density at radius 2 is 1.67 bits per heavy atom. The van der Waals surface area contributed by atoms with Crippen molar-refractivity contribution >= 4 is 72.9 Å². The molecule has 3 aromatic carbocycles. The van der Waals surface area contributed by atoms with E-state index in [0.29, 0.717) is 27.7 Å². The van der Waals surface area contributed by atoms with Crippen LogP contribution in [-0.2, 0) is 16.5 Å². The van der Waals surface area contributed by atoms with Crippen molar-refractivity contribution in [2.24, 2.45) is 7.05 Å². The first-order valence-electron chi connectivity index (χ1n) is 11.0. The molecule has 0 aliphatic rings. The van der Waals surface area contributed by atoms with Gasteiger partial charge < -0.3 is 19.4 Å². The van der Waals surface area contributed by atoms with Gasteiger partial charge in [0.2, 0.25) is 5.95 Å². The smallest absolute Gasteiger partial charge is 0.338 e. The van der Waals surface area contributed by atoms with Gasteiger partial charge in [-0.2, -0.15) is 0 Å². The summed E-state index contributed by atoms with van der Waals surface area (Å²) in [5.74, 6) is -0.779. The van der Waals surface area contributed by atoms with E-state index in [4.69, 9.17) is 16.3 Å². The molecule has 39 heavy (non-hydrogen) atoms. The number of thiazole rings is 1. The van der Waals surface area contributed by atoms with Gasteiger partial charge in [0, 0.05) is 19.2 Å². The van der Waals surface area contributed by atoms with Crippen LogP contribution in [0.25, 0.3) is 21.3 Å². The van der Waals surface area contributed by atoms with E-state index < -0.39 is 16.9 Å². The Labute approximate surface area is 228 Å². The fraction of sp³-hybridized carbons (Fsp3) is 0.120. The van der Waals surface area contributed by atoms with Crippen LogP contribution in [0.1, 0.15) is 20.7 Å². The normalized spacial score (nSPS) is 10.6. The van der Waals surface area contributed by atoms with Gasteiger partial charge in [-0.3, -0.25) is 10.1 Å². The number of nitro groups is 1. The van der Waals surface area contributed by atoms with E-state index in [1.54, 1.807) is 18.2 Å². The van der Waals surface area contributed by atoms with Crippen LogP contribution in [0.5, 0.6) is 0 Å². The molecule has 200 valence electrons. The van der Waals surface area contributed by atoms with Gasteiger partial charge in [-0.25, -0.2) is 23.9 Å². The van der Waals surface area contributed by atoms with Crippen LogP contribution in [0, 0.1) is 15.9 Å². The number of imidazole rings is 1. The molecule has 0 spiro atoms. The highest BCUT2D eigenvalue weighted by Crippen LogP contribution is 2.30. The summed E-state index contributed by atoms with van der Waals surface area (Å²) in [4.78, 5) is 41.4. The molecule has 0 amide bonds. The van der Waals surface area contributed by atoms with Crippen molar-refractivity contribution < 1.29 is 28.4 Å². The number of carbonyl (C=O) groups excluding carboxylic acids is 2. The molecule has 11 nitrogen and oxygen atoms in total. The third-order valence-corrected chi connectivity index (χ3v) is 6.71. The van der Waals surface area contributed by atoms with Gasteiger partial charge in [0.1, 0.15) is 10.8 Å². The van der Waals surface area contributed by atoms with E-state index in [9.17, 15) is 24.1 Å². The van der Waals surface area contributed by atoms with Gasteiger partial charge >= 0.3 is 11.9 Å². The topological polar surface area (TPSA) is 138 Å². The Bertz CT molecular complexity index is 1740. The molecule has 0 atom stereocenters. The van der Waals surface area contributed by atoms with E-state index in [1.807, 2.05) is 17.7 Å². The zero-order valence-corrected chi connectivity index (χ0v) is 22.2. The first kappa shape index (κ1) is 27.4. The highest BCUT2D eigenvalue weighted by Gasteiger charge is 2.16. The number of carbonyl (C=O) groups is 2. The number of halogens is 2. The number of aromatic nitrogens is 3. The average Bonchev–Trinajstić information content (AvgIpc) is 3.47. The second-order valence-corrected chi connectivity index (χ2v) is 9.30. The third kappa shape index (κ3) is 5.94. The number of benzene rings is 3. The maximum atomic E-state index is 13.3. The van der Waals surface area contributed by atoms with Crippen LogP contribution >= 0.6 is 22.9 Å². The van der Waals surface area contributed by atoms with E-state index in [-0.39, 0.29) is 22.1 Å². The fourth-order valence-corrected chi connectivity index (χ4v) is 4.53. The number of methoxy groups -OCH3 is 2. The van der Waals surface area contributed by atoms with E-state index >= 15 is 0 Å². The number of anilines is 2. The first-order chi connectivity index (χ1) is 18.6. The molecule has 0 aliphatic heterocycles. The molecule has 14 heteroatoms. The number of ether oxygens (including phenoxy) is 2. The van der Waals surface area contributed by atoms with Gasteiger partial charge in [-0.15, -0.1) is 0 Å². The maximum Gasteiger partial charge on any atom is 0.338 e. The van der Waals surface area contributed by atoms with Crippen LogP contribution < -0.4 is 5.32 Å². The number of nitrogens with one attached hydrogen (secondary N) is 1. The Hall–Kier alpha value is -4.62. The van der Waals surface area contributed by atoms with Crippen molar-refractivity contribution in [3.63, 3.8) is 0 Å². The molecular weight excluding hydrogens is 553 g/mol. The lowest BCUT2D eigenvalue weighted by molar-refractivity contribution is -0.384. The monoisotopic (exact) mass is 571 g/mol. The second-order valence-electron chi connectivity index (χ2n) is 7.86. The van der Waals surface area contributed by atoms with Gasteiger partial charge in [-0.1, -0.05) is 22.9 Å². The summed E-state index contributed by atoms with van der Waals surface area (Å²) in [7, 11) is 4.40. The maximum absolute atomic E-state index is 13.3. The quantitative estimate of drug-likeness (QED) is 0.155. The molecule has 0 radical (unpaired) electrons. The van der Waals surface area contributed by atoms with Crippen molar-refractivity contribution in [1.82, 2.24) is 14.5 Å². The van der Waals surface area contributed by atoms with Gasteiger partial charge in [0.25, 0.3) is 5.69 Å². The predicted octanol–water partition coefficient (Wildman–Crippen LogP) is 5.89. The molecule has 0 fully saturated rings. The van der Waals surface area contributed by atoms with Gasteiger partial charge in [0.05, 0.1) is 51.5 Å². The first-order valence-corrected chi connectivity index (χ1v) is 12.2. The number of fused-ring (bicyclic) bond motifs is 2. The van der Waals surface area contributed by atoms with Crippen molar-refractivity contribution in [3.8, 4) is 0 Å². The van der Waals surface area contributed by atoms with Gasteiger partial charge in [0.15, 0.2) is 5.13 Å². The van der Waals surface area contributed by atoms with Crippen LogP contribution in [0.15, 0.2) is 54.6 Å². The summed E-state index contributed by atoms with van der Waals surface area (Å²) in [5, 5.41) is 14.2. The fourth-order valence-electron chi connectivity index (χ4n) is 3.50. The minimum Gasteiger partial charge on any atom is -0.465 e. The van der Waals surface area contributed by atoms with E-state index in [2.05, 4.69) is 20.0 Å². The molecule has 0 unspecified atom stereocenters. The number of aryl methyl sites for hydroxylation is 1. The van der Waals surface area contributed by atoms with Crippen LogP contribution in [0.4, 0.5) is 21.2 Å². The van der Waals surface area contributed by atoms with Crippen molar-refractivity contribution in [2.45, 2.75) is 0 Å². The number of esters is 2. The molecule has 5 aromatic rings. The van der Waals surface area contributed by atoms with Crippen LogP contribution in [0.3, 0.4) is 0 Å². The molecular formula is C25H19ClFN5O6S. The Balaban J connectivity index is 0.000000215. The number of nitrogens with zero attached hydrogens (tertiary/aromatic N) is 4. The Morgan fingerprint density at radius 3 is 2.33 bits per heavy atom. The largest absolute Gasteiger partial charge is 0.465 e. The summed E-state index contributed by atoms with van der Waals surface area (Å²) in [5.41, 5.74) is 2.36. The lowest BCUT2D eigenvalue weighted by Gasteiger charge is -2.02. The van der Waals surface area contributed by atoms with Crippen molar-refractivity contribution in [2.75, 3.05) is 19.5 Å². The Kier molecular flexibility index (Phi) is 8.02. The van der Waals surface area contributed by atoms with Crippen molar-refractivity contribution in [3.05, 3.63) is 86.7 Å². The zero-order valence-electron chi connectivity index (χ0n) is 20.6. The predicted molar refractivity (Wildman–Crippen MR) is 144 cm³/mol. The molecule has 0 bridgehead atoms. The van der Waals surface area contributed by atoms with Crippen molar-refractivity contribution in [1.29, 1.82) is 0 Å². The average molecular weight is 572 g/mol. The molecule has 2 heterocycles. The summed E-state index contributed by atoms with van der Waals surface area (Å²) in [6, 6.07) is 13.4. The summed E-state index contributed by atoms with van der Waals surface area (Å²) in [6.45, 7) is 0. The summed E-state index contributed by atoms with van der Waals surface area (Å²) >= 11 is 6.96. The zero-order chi connectivity index (χ0) is 28.3. The molecule has 5 rings (SSSR count). The van der Waals surface area contributed by atoms with E-state index in [1.165, 1.54) is 49.8 Å². The number of nitro benzene ring substituents is 1. The summed E-state index contributed by atoms with van der Waals surface area (Å²) < 4.78 is 25.2. The minimum absolute atomic E-state index is 0.0114. The standard InChI is InChI=1S/C17H13FN4O2S.C8H6ClNO4/c1-22-13-5-3-9(15(23)24-2)7-11(13)19-16(22)21-17-20-12-8-10(18)4-6-14(12)25-17;1-14-8(11)5-2-3-6(9)7(4-5)10(12)13/h3-8H,1-2H3,(H,19,20,21);2-4H,1H3. The van der Waals surface area contributed by atoms with E-state index in [0.717, 1.165) is 16.3 Å². The number of rotatable bonds is 5. The summed E-state index contributed by atoms with van der Waals surface area (Å²) in [6.07, 6.45) is 0. The Morgan fingerprint density at radius 1 is 1.00 bits per heavy atom. The lowest BCUT2D eigenvalue weighted by atomic mass is 10.2. The number of hydrogen-bond donors (Lipinski definition) is 1. The molecule has 1 N–H and O–H groups in total. The molecule has 0 aliphatic carbocycles.